The van der Waals surface area contributed by atoms with Crippen LogP contribution in [0.15, 0.2) is 76.3 Å². The maximum Gasteiger partial charge on any atom is 0.276 e. The number of hydrogen-bond donors (Lipinski definition) is 1. The van der Waals surface area contributed by atoms with Gasteiger partial charge in [-0.25, -0.2) is 13.1 Å². The van der Waals surface area contributed by atoms with E-state index < -0.39 is 21.0 Å². The second-order valence-corrected chi connectivity index (χ2v) is 11.3. The summed E-state index contributed by atoms with van der Waals surface area (Å²) in [6.07, 6.45) is 1.14. The molecule has 5 aromatic rings. The van der Waals surface area contributed by atoms with Crippen molar-refractivity contribution >= 4 is 32.0 Å². The molecule has 0 fully saturated rings. The zero-order chi connectivity index (χ0) is 28.4. The van der Waals surface area contributed by atoms with Gasteiger partial charge in [0.05, 0.1) is 32.5 Å². The predicted octanol–water partition coefficient (Wildman–Crippen LogP) is 2.66. The number of methoxy groups -OCH3 is 2. The molecule has 0 aliphatic heterocycles. The van der Waals surface area contributed by atoms with Gasteiger partial charge in [0, 0.05) is 18.5 Å². The zero-order valence-electron chi connectivity index (χ0n) is 22.1. The van der Waals surface area contributed by atoms with Gasteiger partial charge in [0.2, 0.25) is 15.5 Å². The molecule has 0 bridgehead atoms. The van der Waals surface area contributed by atoms with Crippen molar-refractivity contribution in [2.75, 3.05) is 20.5 Å². The van der Waals surface area contributed by atoms with Gasteiger partial charge >= 0.3 is 0 Å². The number of benzene rings is 3. The summed E-state index contributed by atoms with van der Waals surface area (Å²) in [5, 5.41) is 8.32. The molecule has 0 saturated carbocycles. The van der Waals surface area contributed by atoms with Crippen LogP contribution in [0.25, 0.3) is 21.9 Å². The standard InChI is InChI=1S/C28H27N5O6S/c1-38-21-9-4-18(5-10-21)15-32(40(3,36)37)16-20-8-13-23-24(14-20)29-28(35)26-25(27(23)34)30-31-33(26)17-19-6-11-22(39-2)12-7-19/h4-14H,15-17H2,1-3H3,(H,29,35). The van der Waals surface area contributed by atoms with Crippen molar-refractivity contribution in [3.05, 3.63) is 104 Å². The molecule has 3 aromatic carbocycles. The highest BCUT2D eigenvalue weighted by molar-refractivity contribution is 7.88. The SMILES string of the molecule is COc1ccc(CN(Cc2ccc3c(=O)c4nnn(Cc5ccc(OC)cc5)c4c(=O)[nH]c3c2)S(C)(=O)=O)cc1. The van der Waals surface area contributed by atoms with E-state index in [2.05, 4.69) is 15.3 Å². The van der Waals surface area contributed by atoms with Crippen LogP contribution in [0.2, 0.25) is 0 Å². The molecule has 12 heteroatoms. The third-order valence-corrected chi connectivity index (χ3v) is 7.78. The minimum absolute atomic E-state index is 0.0403. The average Bonchev–Trinajstić information content (AvgIpc) is 3.32. The van der Waals surface area contributed by atoms with Crippen LogP contribution in [0.4, 0.5) is 0 Å². The van der Waals surface area contributed by atoms with Crippen LogP contribution < -0.4 is 20.5 Å². The molecule has 0 saturated heterocycles. The molecule has 0 amide bonds. The van der Waals surface area contributed by atoms with Crippen molar-refractivity contribution in [2.24, 2.45) is 0 Å². The van der Waals surface area contributed by atoms with Gasteiger partial charge in [-0.3, -0.25) is 9.59 Å². The third-order valence-electron chi connectivity index (χ3n) is 6.58. The third kappa shape index (κ3) is 5.58. The quantitative estimate of drug-likeness (QED) is 0.290. The average molecular weight is 562 g/mol. The first kappa shape index (κ1) is 27.0. The van der Waals surface area contributed by atoms with Gasteiger partial charge in [-0.1, -0.05) is 35.5 Å². The first-order chi connectivity index (χ1) is 19.2. The van der Waals surface area contributed by atoms with Crippen LogP contribution in [-0.2, 0) is 29.7 Å². The summed E-state index contributed by atoms with van der Waals surface area (Å²) >= 11 is 0. The second kappa shape index (κ2) is 10.9. The Bertz CT molecular complexity index is 1920. The Morgan fingerprint density at radius 2 is 1.43 bits per heavy atom. The number of fused-ring (bicyclic) bond motifs is 2. The number of sulfonamides is 1. The maximum atomic E-state index is 13.4. The summed E-state index contributed by atoms with van der Waals surface area (Å²) in [4.78, 5) is 29.4. The van der Waals surface area contributed by atoms with E-state index in [4.69, 9.17) is 9.47 Å². The highest BCUT2D eigenvalue weighted by Gasteiger charge is 2.19. The van der Waals surface area contributed by atoms with E-state index in [1.54, 1.807) is 68.8 Å². The van der Waals surface area contributed by atoms with Crippen LogP contribution >= 0.6 is 0 Å². The molecule has 0 aliphatic rings. The molecule has 0 aliphatic carbocycles. The fourth-order valence-corrected chi connectivity index (χ4v) is 5.20. The summed E-state index contributed by atoms with van der Waals surface area (Å²) < 4.78 is 38.3. The minimum Gasteiger partial charge on any atom is -0.497 e. The lowest BCUT2D eigenvalue weighted by Gasteiger charge is -2.20. The molecule has 1 N–H and O–H groups in total. The number of aromatic amines is 1. The Labute approximate surface area is 229 Å². The largest absolute Gasteiger partial charge is 0.497 e. The second-order valence-electron chi connectivity index (χ2n) is 9.33. The normalized spacial score (nSPS) is 11.8. The molecule has 40 heavy (non-hydrogen) atoms. The first-order valence-corrected chi connectivity index (χ1v) is 14.1. The molecule has 0 spiro atoms. The Hall–Kier alpha value is -4.55. The summed E-state index contributed by atoms with van der Waals surface area (Å²) in [5.41, 5.74) is 1.53. The minimum atomic E-state index is -3.58. The van der Waals surface area contributed by atoms with Crippen LogP contribution in [0, 0.1) is 0 Å². The molecule has 5 rings (SSSR count). The number of H-pyrrole nitrogens is 1. The molecule has 0 unspecified atom stereocenters. The Kier molecular flexibility index (Phi) is 7.37. The highest BCUT2D eigenvalue weighted by Crippen LogP contribution is 2.19. The zero-order valence-corrected chi connectivity index (χ0v) is 22.9. The fourth-order valence-electron chi connectivity index (χ4n) is 4.43. The van der Waals surface area contributed by atoms with E-state index in [0.717, 1.165) is 17.4 Å². The van der Waals surface area contributed by atoms with Gasteiger partial charge < -0.3 is 14.5 Å². The van der Waals surface area contributed by atoms with E-state index in [9.17, 15) is 18.0 Å². The van der Waals surface area contributed by atoms with Crippen molar-refractivity contribution < 1.29 is 17.9 Å². The van der Waals surface area contributed by atoms with Gasteiger partial charge in [-0.05, 0) is 53.1 Å². The van der Waals surface area contributed by atoms with Crippen molar-refractivity contribution in [1.82, 2.24) is 24.3 Å². The van der Waals surface area contributed by atoms with Gasteiger partial charge in [0.25, 0.3) is 5.56 Å². The summed E-state index contributed by atoms with van der Waals surface area (Å²) in [6, 6.07) is 19.2. The van der Waals surface area contributed by atoms with Crippen LogP contribution in [-0.4, -0.2) is 53.2 Å². The molecule has 2 heterocycles. The van der Waals surface area contributed by atoms with Crippen molar-refractivity contribution in [2.45, 2.75) is 19.6 Å². The van der Waals surface area contributed by atoms with Crippen LogP contribution in [0.1, 0.15) is 16.7 Å². The van der Waals surface area contributed by atoms with Crippen molar-refractivity contribution in [3.63, 3.8) is 0 Å². The lowest BCUT2D eigenvalue weighted by molar-refractivity contribution is 0.402. The predicted molar refractivity (Wildman–Crippen MR) is 151 cm³/mol. The molecule has 206 valence electrons. The van der Waals surface area contributed by atoms with Gasteiger partial charge in [-0.2, -0.15) is 4.31 Å². The lowest BCUT2D eigenvalue weighted by Crippen LogP contribution is -2.29. The number of ether oxygens (including phenoxy) is 2. The highest BCUT2D eigenvalue weighted by atomic mass is 32.2. The van der Waals surface area contributed by atoms with Crippen LogP contribution in [0.3, 0.4) is 0 Å². The van der Waals surface area contributed by atoms with Gasteiger partial charge in [0.15, 0.2) is 11.0 Å². The number of nitrogens with one attached hydrogen (secondary N) is 1. The monoisotopic (exact) mass is 561 g/mol. The van der Waals surface area contributed by atoms with E-state index in [-0.39, 0.29) is 41.6 Å². The van der Waals surface area contributed by atoms with Crippen LogP contribution in [0.5, 0.6) is 11.5 Å². The molecular weight excluding hydrogens is 534 g/mol. The summed E-state index contributed by atoms with van der Waals surface area (Å²) in [6.45, 7) is 0.406. The Balaban J connectivity index is 1.51. The molecule has 2 aromatic heterocycles. The number of hydrogen-bond acceptors (Lipinski definition) is 8. The Morgan fingerprint density at radius 3 is 2.02 bits per heavy atom. The van der Waals surface area contributed by atoms with Crippen molar-refractivity contribution in [1.29, 1.82) is 0 Å². The number of aromatic nitrogens is 4. The van der Waals surface area contributed by atoms with E-state index >= 15 is 0 Å². The fraction of sp³-hybridized carbons (Fsp3) is 0.214. The lowest BCUT2D eigenvalue weighted by atomic mass is 10.1. The summed E-state index contributed by atoms with van der Waals surface area (Å²) in [5.74, 6) is 1.36. The summed E-state index contributed by atoms with van der Waals surface area (Å²) in [7, 11) is -0.448. The smallest absolute Gasteiger partial charge is 0.276 e. The molecular formula is C28H27N5O6S. The maximum absolute atomic E-state index is 13.4. The van der Waals surface area contributed by atoms with Crippen molar-refractivity contribution in [3.8, 4) is 11.5 Å². The topological polar surface area (TPSA) is 136 Å². The number of rotatable bonds is 9. The first-order valence-electron chi connectivity index (χ1n) is 12.3. The van der Waals surface area contributed by atoms with Gasteiger partial charge in [0.1, 0.15) is 11.5 Å². The molecule has 0 radical (unpaired) electrons. The molecule has 0 atom stereocenters. The van der Waals surface area contributed by atoms with Gasteiger partial charge in [-0.15, -0.1) is 5.10 Å². The van der Waals surface area contributed by atoms with E-state index in [1.165, 1.54) is 8.99 Å². The Morgan fingerprint density at radius 1 is 0.850 bits per heavy atom. The number of nitrogens with zero attached hydrogens (tertiary/aromatic N) is 4. The molecule has 11 nitrogen and oxygen atoms in total. The van der Waals surface area contributed by atoms with E-state index in [0.29, 0.717) is 17.1 Å². The van der Waals surface area contributed by atoms with E-state index in [1.807, 2.05) is 12.1 Å².